The van der Waals surface area contributed by atoms with E-state index in [0.29, 0.717) is 13.2 Å². The second-order valence-electron chi connectivity index (χ2n) is 3.88. The first-order valence-corrected chi connectivity index (χ1v) is 7.54. The molecule has 4 nitrogen and oxygen atoms in total. The van der Waals surface area contributed by atoms with Gasteiger partial charge >= 0.3 is 7.60 Å². The van der Waals surface area contributed by atoms with Crippen molar-refractivity contribution in [3.8, 4) is 0 Å². The van der Waals surface area contributed by atoms with Gasteiger partial charge < -0.3 is 9.05 Å². The van der Waals surface area contributed by atoms with Crippen molar-refractivity contribution in [1.82, 2.24) is 4.98 Å². The lowest BCUT2D eigenvalue weighted by Gasteiger charge is -2.16. The highest BCUT2D eigenvalue weighted by Gasteiger charge is 2.24. The lowest BCUT2D eigenvalue weighted by Crippen LogP contribution is -2.01. The first-order valence-electron chi connectivity index (χ1n) is 5.81. The van der Waals surface area contributed by atoms with Gasteiger partial charge in [-0.1, -0.05) is 0 Å². The van der Waals surface area contributed by atoms with Gasteiger partial charge in [-0.05, 0) is 45.4 Å². The van der Waals surface area contributed by atoms with Crippen LogP contribution in [0.2, 0.25) is 0 Å². The molecule has 1 aromatic rings. The molecule has 1 rings (SSSR count). The molecule has 17 heavy (non-hydrogen) atoms. The van der Waals surface area contributed by atoms with E-state index in [-0.39, 0.29) is 6.16 Å². The summed E-state index contributed by atoms with van der Waals surface area (Å²) in [4.78, 5) is 4.35. The minimum Gasteiger partial charge on any atom is -0.309 e. The van der Waals surface area contributed by atoms with Gasteiger partial charge in [0.2, 0.25) is 0 Å². The third kappa shape index (κ3) is 4.58. The average molecular weight is 257 g/mol. The molecule has 0 unspecified atom stereocenters. The molecule has 0 radical (unpaired) electrons. The second kappa shape index (κ2) is 6.29. The number of rotatable bonds is 6. The van der Waals surface area contributed by atoms with Crippen molar-refractivity contribution in [1.29, 1.82) is 0 Å². The molecule has 5 heteroatoms. The Hall–Kier alpha value is -0.700. The van der Waals surface area contributed by atoms with Gasteiger partial charge in [0.1, 0.15) is 0 Å². The fourth-order valence-corrected chi connectivity index (χ4v) is 3.33. The maximum atomic E-state index is 12.3. The summed E-state index contributed by atoms with van der Waals surface area (Å²) in [5.41, 5.74) is 2.78. The zero-order chi connectivity index (χ0) is 12.9. The van der Waals surface area contributed by atoms with E-state index in [1.165, 1.54) is 0 Å². The number of hydrogen-bond donors (Lipinski definition) is 0. The van der Waals surface area contributed by atoms with Crippen LogP contribution in [0.5, 0.6) is 0 Å². The Labute approximate surface area is 103 Å². The third-order valence-electron chi connectivity index (χ3n) is 2.16. The van der Waals surface area contributed by atoms with Crippen LogP contribution in [0, 0.1) is 13.8 Å². The van der Waals surface area contributed by atoms with Crippen LogP contribution in [0.15, 0.2) is 12.1 Å². The summed E-state index contributed by atoms with van der Waals surface area (Å²) in [6, 6.07) is 3.90. The number of aryl methyl sites for hydroxylation is 2. The minimum atomic E-state index is -3.04. The fourth-order valence-electron chi connectivity index (χ4n) is 1.73. The standard InChI is InChI=1S/C12H20NO3P/c1-5-15-17(14,16-6-2)9-12-8-10(3)7-11(4)13-12/h7-8H,5-6,9H2,1-4H3. The molecular weight excluding hydrogens is 237 g/mol. The van der Waals surface area contributed by atoms with Crippen LogP contribution in [0.25, 0.3) is 0 Å². The molecule has 0 aliphatic carbocycles. The monoisotopic (exact) mass is 257 g/mol. The molecule has 0 aromatic carbocycles. The third-order valence-corrected chi connectivity index (χ3v) is 4.17. The zero-order valence-electron chi connectivity index (χ0n) is 10.9. The summed E-state index contributed by atoms with van der Waals surface area (Å²) in [5, 5.41) is 0. The topological polar surface area (TPSA) is 48.4 Å². The van der Waals surface area contributed by atoms with Crippen LogP contribution < -0.4 is 0 Å². The predicted octanol–water partition coefficient (Wildman–Crippen LogP) is 3.46. The van der Waals surface area contributed by atoms with E-state index in [0.717, 1.165) is 17.0 Å². The molecule has 0 aliphatic heterocycles. The van der Waals surface area contributed by atoms with E-state index < -0.39 is 7.60 Å². The Bertz CT molecular complexity index is 390. The van der Waals surface area contributed by atoms with Crippen LogP contribution >= 0.6 is 7.60 Å². The van der Waals surface area contributed by atoms with Gasteiger partial charge in [-0.25, -0.2) is 0 Å². The second-order valence-corrected chi connectivity index (χ2v) is 5.94. The van der Waals surface area contributed by atoms with Crippen molar-refractivity contribution >= 4 is 7.60 Å². The molecule has 0 atom stereocenters. The molecule has 0 aliphatic rings. The highest BCUT2D eigenvalue weighted by Crippen LogP contribution is 2.50. The smallest absolute Gasteiger partial charge is 0.309 e. The number of aromatic nitrogens is 1. The Morgan fingerprint density at radius 1 is 1.18 bits per heavy atom. The molecule has 0 bridgehead atoms. The van der Waals surface area contributed by atoms with Crippen LogP contribution in [-0.4, -0.2) is 18.2 Å². The Kier molecular flexibility index (Phi) is 5.31. The normalized spacial score (nSPS) is 11.8. The average Bonchev–Trinajstić information content (AvgIpc) is 2.15. The molecule has 0 saturated carbocycles. The van der Waals surface area contributed by atoms with Crippen molar-refractivity contribution in [2.75, 3.05) is 13.2 Å². The predicted molar refractivity (Wildman–Crippen MR) is 68.3 cm³/mol. The van der Waals surface area contributed by atoms with Gasteiger partial charge in [0.15, 0.2) is 0 Å². The number of hydrogen-bond acceptors (Lipinski definition) is 4. The summed E-state index contributed by atoms with van der Waals surface area (Å²) in [7, 11) is -3.04. The first kappa shape index (κ1) is 14.4. The van der Waals surface area contributed by atoms with Crippen molar-refractivity contribution < 1.29 is 13.6 Å². The maximum Gasteiger partial charge on any atom is 0.336 e. The summed E-state index contributed by atoms with van der Waals surface area (Å²) in [6.07, 6.45) is 0.233. The molecule has 0 N–H and O–H groups in total. The van der Waals surface area contributed by atoms with E-state index in [4.69, 9.17) is 9.05 Å². The van der Waals surface area contributed by atoms with Crippen molar-refractivity contribution in [2.45, 2.75) is 33.9 Å². The number of pyridine rings is 1. The van der Waals surface area contributed by atoms with Gasteiger partial charge in [-0.2, -0.15) is 0 Å². The summed E-state index contributed by atoms with van der Waals surface area (Å²) in [6.45, 7) is 8.28. The lowest BCUT2D eigenvalue weighted by molar-refractivity contribution is 0.219. The summed E-state index contributed by atoms with van der Waals surface area (Å²) < 4.78 is 22.8. The van der Waals surface area contributed by atoms with Crippen LogP contribution in [-0.2, 0) is 19.8 Å². The molecule has 96 valence electrons. The highest BCUT2D eigenvalue weighted by atomic mass is 31.2. The summed E-state index contributed by atoms with van der Waals surface area (Å²) in [5.74, 6) is 0. The zero-order valence-corrected chi connectivity index (χ0v) is 11.8. The van der Waals surface area contributed by atoms with Gasteiger partial charge in [0.25, 0.3) is 0 Å². The van der Waals surface area contributed by atoms with Gasteiger partial charge in [-0.15, -0.1) is 0 Å². The Balaban J connectivity index is 2.89. The van der Waals surface area contributed by atoms with E-state index >= 15 is 0 Å². The van der Waals surface area contributed by atoms with Gasteiger partial charge in [0, 0.05) is 5.69 Å². The quantitative estimate of drug-likeness (QED) is 0.732. The van der Waals surface area contributed by atoms with Gasteiger partial charge in [-0.3, -0.25) is 9.55 Å². The lowest BCUT2D eigenvalue weighted by atomic mass is 10.2. The summed E-state index contributed by atoms with van der Waals surface area (Å²) >= 11 is 0. The van der Waals surface area contributed by atoms with Crippen LogP contribution in [0.4, 0.5) is 0 Å². The molecule has 1 heterocycles. The maximum absolute atomic E-state index is 12.3. The minimum absolute atomic E-state index is 0.233. The largest absolute Gasteiger partial charge is 0.336 e. The van der Waals surface area contributed by atoms with Gasteiger partial charge in [0.05, 0.1) is 25.1 Å². The van der Waals surface area contributed by atoms with E-state index in [1.807, 2.05) is 26.0 Å². The molecular formula is C12H20NO3P. The fraction of sp³-hybridized carbons (Fsp3) is 0.583. The molecule has 1 aromatic heterocycles. The molecule has 0 fully saturated rings. The van der Waals surface area contributed by atoms with Crippen molar-refractivity contribution in [3.05, 3.63) is 29.1 Å². The molecule has 0 saturated heterocycles. The van der Waals surface area contributed by atoms with Crippen molar-refractivity contribution in [2.24, 2.45) is 0 Å². The van der Waals surface area contributed by atoms with E-state index in [1.54, 1.807) is 13.8 Å². The Morgan fingerprint density at radius 2 is 1.76 bits per heavy atom. The van der Waals surface area contributed by atoms with E-state index in [9.17, 15) is 4.57 Å². The van der Waals surface area contributed by atoms with Crippen molar-refractivity contribution in [3.63, 3.8) is 0 Å². The molecule has 0 amide bonds. The molecule has 0 spiro atoms. The SMILES string of the molecule is CCOP(=O)(Cc1cc(C)cc(C)n1)OCC. The highest BCUT2D eigenvalue weighted by molar-refractivity contribution is 7.53. The Morgan fingerprint density at radius 3 is 2.24 bits per heavy atom. The van der Waals surface area contributed by atoms with Crippen LogP contribution in [0.3, 0.4) is 0 Å². The van der Waals surface area contributed by atoms with Crippen LogP contribution in [0.1, 0.15) is 30.8 Å². The number of nitrogens with zero attached hydrogens (tertiary/aromatic N) is 1. The van der Waals surface area contributed by atoms with E-state index in [2.05, 4.69) is 4.98 Å². The first-order chi connectivity index (χ1) is 7.99.